The van der Waals surface area contributed by atoms with Gasteiger partial charge in [-0.2, -0.15) is 0 Å². The zero-order valence-corrected chi connectivity index (χ0v) is 17.6. The van der Waals surface area contributed by atoms with E-state index in [9.17, 15) is 9.59 Å². The quantitative estimate of drug-likeness (QED) is 0.789. The first-order valence-corrected chi connectivity index (χ1v) is 10.7. The number of fused-ring (bicyclic) bond motifs is 1. The van der Waals surface area contributed by atoms with Crippen LogP contribution in [-0.4, -0.2) is 55.1 Å². The molecule has 3 unspecified atom stereocenters. The van der Waals surface area contributed by atoms with E-state index in [1.165, 1.54) is 5.69 Å². The third-order valence-corrected chi connectivity index (χ3v) is 5.97. The van der Waals surface area contributed by atoms with E-state index in [0.29, 0.717) is 19.5 Å². The van der Waals surface area contributed by atoms with E-state index in [2.05, 4.69) is 29.3 Å². The van der Waals surface area contributed by atoms with E-state index in [1.807, 2.05) is 42.5 Å². The van der Waals surface area contributed by atoms with Crippen molar-refractivity contribution in [3.05, 3.63) is 60.2 Å². The van der Waals surface area contributed by atoms with Gasteiger partial charge in [0.1, 0.15) is 0 Å². The van der Waals surface area contributed by atoms with Crippen LogP contribution >= 0.6 is 0 Å². The average Bonchev–Trinajstić information content (AvgIpc) is 2.78. The van der Waals surface area contributed by atoms with Crippen molar-refractivity contribution < 1.29 is 14.3 Å². The van der Waals surface area contributed by atoms with Gasteiger partial charge in [0.25, 0.3) is 5.91 Å². The molecule has 4 rings (SSSR count). The summed E-state index contributed by atoms with van der Waals surface area (Å²) in [5, 5.41) is 3.40. The number of hydrogen-bond donors (Lipinski definition) is 1. The maximum Gasteiger partial charge on any atom is 0.314 e. The maximum atomic E-state index is 12.9. The number of amides is 1. The minimum atomic E-state index is -0.780. The lowest BCUT2D eigenvalue weighted by Gasteiger charge is -2.37. The van der Waals surface area contributed by atoms with E-state index in [1.54, 1.807) is 11.8 Å². The van der Waals surface area contributed by atoms with Gasteiger partial charge in [-0.25, -0.2) is 0 Å². The fourth-order valence-corrected chi connectivity index (χ4v) is 4.35. The fourth-order valence-electron chi connectivity index (χ4n) is 4.35. The molecule has 0 bridgehead atoms. The van der Waals surface area contributed by atoms with Gasteiger partial charge in [0.2, 0.25) is 0 Å². The lowest BCUT2D eigenvalue weighted by molar-refractivity contribution is -0.160. The van der Waals surface area contributed by atoms with Gasteiger partial charge in [0, 0.05) is 43.6 Å². The molecule has 2 aliphatic rings. The molecule has 2 heterocycles. The summed E-state index contributed by atoms with van der Waals surface area (Å²) in [6, 6.07) is 18.2. The first-order valence-electron chi connectivity index (χ1n) is 10.7. The molecule has 2 aromatic rings. The largest absolute Gasteiger partial charge is 0.452 e. The summed E-state index contributed by atoms with van der Waals surface area (Å²) in [5.41, 5.74) is 3.08. The van der Waals surface area contributed by atoms with Crippen LogP contribution in [0.3, 0.4) is 0 Å². The second-order valence-electron chi connectivity index (χ2n) is 8.15. The number of nitrogens with zero attached hydrogens (tertiary/aromatic N) is 2. The van der Waals surface area contributed by atoms with Crippen molar-refractivity contribution in [2.75, 3.05) is 36.4 Å². The summed E-state index contributed by atoms with van der Waals surface area (Å²) < 4.78 is 5.65. The van der Waals surface area contributed by atoms with Crippen LogP contribution in [0, 0.1) is 0 Å². The third-order valence-electron chi connectivity index (χ3n) is 5.97. The van der Waals surface area contributed by atoms with Gasteiger partial charge in [0.15, 0.2) is 6.10 Å². The van der Waals surface area contributed by atoms with Gasteiger partial charge >= 0.3 is 5.97 Å². The number of carbonyl (C=O) groups excluding carboxylic acids is 2. The number of nitrogens with one attached hydrogen (secondary N) is 1. The zero-order valence-electron chi connectivity index (χ0n) is 17.6. The van der Waals surface area contributed by atoms with Crippen LogP contribution in [0.25, 0.3) is 0 Å². The molecule has 158 valence electrons. The molecule has 0 aromatic heterocycles. The molecule has 3 atom stereocenters. The lowest BCUT2D eigenvalue weighted by Crippen LogP contribution is -2.51. The van der Waals surface area contributed by atoms with Gasteiger partial charge in [-0.15, -0.1) is 0 Å². The molecule has 0 spiro atoms. The SMILES string of the molecule is CC1CC(C(=O)OC(C)C(=O)N2CCN(c3ccccc3)CC2)c2ccccc2N1. The lowest BCUT2D eigenvalue weighted by atomic mass is 9.87. The minimum Gasteiger partial charge on any atom is -0.452 e. The molecule has 1 amide bonds. The second-order valence-corrected chi connectivity index (χ2v) is 8.15. The number of piperazine rings is 1. The first-order chi connectivity index (χ1) is 14.5. The van der Waals surface area contributed by atoms with E-state index in [4.69, 9.17) is 4.74 Å². The highest BCUT2D eigenvalue weighted by Gasteiger charge is 2.34. The normalized spacial score (nSPS) is 21.9. The molecule has 0 aliphatic carbocycles. The Morgan fingerprint density at radius 1 is 1.00 bits per heavy atom. The second kappa shape index (κ2) is 8.78. The van der Waals surface area contributed by atoms with Gasteiger partial charge < -0.3 is 19.9 Å². The molecule has 6 heteroatoms. The Balaban J connectivity index is 1.35. The van der Waals surface area contributed by atoms with Crippen LogP contribution in [0.4, 0.5) is 11.4 Å². The Bertz CT molecular complexity index is 894. The molecule has 2 aromatic carbocycles. The van der Waals surface area contributed by atoms with E-state index in [-0.39, 0.29) is 23.8 Å². The minimum absolute atomic E-state index is 0.119. The van der Waals surface area contributed by atoms with Crippen LogP contribution in [0.1, 0.15) is 31.7 Å². The smallest absolute Gasteiger partial charge is 0.314 e. The van der Waals surface area contributed by atoms with E-state index >= 15 is 0 Å². The number of esters is 1. The van der Waals surface area contributed by atoms with Gasteiger partial charge in [-0.3, -0.25) is 9.59 Å². The molecule has 2 aliphatic heterocycles. The number of hydrogen-bond acceptors (Lipinski definition) is 5. The van der Waals surface area contributed by atoms with Crippen molar-refractivity contribution in [2.45, 2.75) is 38.3 Å². The number of ether oxygens (including phenoxy) is 1. The fraction of sp³-hybridized carbons (Fsp3) is 0.417. The number of rotatable bonds is 4. The van der Waals surface area contributed by atoms with Crippen molar-refractivity contribution in [1.29, 1.82) is 0 Å². The summed E-state index contributed by atoms with van der Waals surface area (Å²) in [7, 11) is 0. The molecule has 1 N–H and O–H groups in total. The predicted octanol–water partition coefficient (Wildman–Crippen LogP) is 3.25. The highest BCUT2D eigenvalue weighted by atomic mass is 16.5. The number of para-hydroxylation sites is 2. The Kier molecular flexibility index (Phi) is 5.93. The summed E-state index contributed by atoms with van der Waals surface area (Å²) >= 11 is 0. The zero-order chi connectivity index (χ0) is 21.1. The Morgan fingerprint density at radius 2 is 1.67 bits per heavy atom. The monoisotopic (exact) mass is 407 g/mol. The number of carbonyl (C=O) groups is 2. The molecular weight excluding hydrogens is 378 g/mol. The number of anilines is 2. The Morgan fingerprint density at radius 3 is 2.40 bits per heavy atom. The van der Waals surface area contributed by atoms with Gasteiger partial charge in [-0.05, 0) is 44.0 Å². The van der Waals surface area contributed by atoms with E-state index < -0.39 is 6.10 Å². The standard InChI is InChI=1S/C24H29N3O3/c1-17-16-21(20-10-6-7-11-22(20)25-17)24(29)30-18(2)23(28)27-14-12-26(13-15-27)19-8-4-3-5-9-19/h3-11,17-18,21,25H,12-16H2,1-2H3. The summed E-state index contributed by atoms with van der Waals surface area (Å²) in [6.45, 7) is 6.54. The van der Waals surface area contributed by atoms with Gasteiger partial charge in [-0.1, -0.05) is 36.4 Å². The topological polar surface area (TPSA) is 61.9 Å². The highest BCUT2D eigenvalue weighted by Crippen LogP contribution is 2.35. The molecule has 1 saturated heterocycles. The summed E-state index contributed by atoms with van der Waals surface area (Å²) in [6.07, 6.45) is -0.120. The Labute approximate surface area is 177 Å². The highest BCUT2D eigenvalue weighted by molar-refractivity contribution is 5.87. The van der Waals surface area contributed by atoms with Crippen LogP contribution in [0.5, 0.6) is 0 Å². The van der Waals surface area contributed by atoms with Crippen molar-refractivity contribution in [2.24, 2.45) is 0 Å². The van der Waals surface area contributed by atoms with Crippen LogP contribution in [-0.2, 0) is 14.3 Å². The summed E-state index contributed by atoms with van der Waals surface area (Å²) in [5.74, 6) is -0.784. The van der Waals surface area contributed by atoms with Crippen LogP contribution < -0.4 is 10.2 Å². The third kappa shape index (κ3) is 4.27. The van der Waals surface area contributed by atoms with E-state index in [0.717, 1.165) is 24.3 Å². The molecule has 1 fully saturated rings. The Hall–Kier alpha value is -3.02. The molecule has 0 saturated carbocycles. The predicted molar refractivity (Wildman–Crippen MR) is 118 cm³/mol. The van der Waals surface area contributed by atoms with Crippen molar-refractivity contribution in [3.8, 4) is 0 Å². The van der Waals surface area contributed by atoms with Crippen LogP contribution in [0.15, 0.2) is 54.6 Å². The van der Waals surface area contributed by atoms with Crippen molar-refractivity contribution >= 4 is 23.3 Å². The van der Waals surface area contributed by atoms with Crippen LogP contribution in [0.2, 0.25) is 0 Å². The average molecular weight is 408 g/mol. The summed E-state index contributed by atoms with van der Waals surface area (Å²) in [4.78, 5) is 29.9. The number of benzene rings is 2. The molecule has 6 nitrogen and oxygen atoms in total. The maximum absolute atomic E-state index is 12.9. The van der Waals surface area contributed by atoms with Gasteiger partial charge in [0.05, 0.1) is 5.92 Å². The van der Waals surface area contributed by atoms with Crippen molar-refractivity contribution in [3.63, 3.8) is 0 Å². The van der Waals surface area contributed by atoms with Crippen molar-refractivity contribution in [1.82, 2.24) is 4.90 Å². The first kappa shape index (κ1) is 20.3. The molecule has 0 radical (unpaired) electrons. The molecule has 30 heavy (non-hydrogen) atoms. The molecular formula is C24H29N3O3.